The SMILES string of the molecule is CN(C)c1nc(S(=O)(=O)NC(=O)Nc2c3c(cc4c2CCC4)CCC3)c2n1CCCO2. The average molecular weight is 446 g/mol. The minimum absolute atomic E-state index is 0.178. The second-order valence-corrected chi connectivity index (χ2v) is 10.2. The van der Waals surface area contributed by atoms with Gasteiger partial charge in [0.1, 0.15) is 0 Å². The molecule has 3 aliphatic rings. The number of hydrogen-bond donors (Lipinski definition) is 2. The van der Waals surface area contributed by atoms with Crippen LogP contribution >= 0.6 is 0 Å². The zero-order valence-electron chi connectivity index (χ0n) is 17.8. The number of aryl methyl sites for hydroxylation is 2. The van der Waals surface area contributed by atoms with Crippen molar-refractivity contribution >= 4 is 27.7 Å². The van der Waals surface area contributed by atoms with Gasteiger partial charge in [0.2, 0.25) is 16.9 Å². The number of sulfonamides is 1. The summed E-state index contributed by atoms with van der Waals surface area (Å²) < 4.78 is 35.6. The molecule has 2 heterocycles. The number of rotatable bonds is 4. The van der Waals surface area contributed by atoms with Crippen molar-refractivity contribution in [1.29, 1.82) is 0 Å². The lowest BCUT2D eigenvalue weighted by Crippen LogP contribution is -2.35. The maximum absolute atomic E-state index is 13.1. The van der Waals surface area contributed by atoms with E-state index in [9.17, 15) is 13.2 Å². The number of benzene rings is 1. The quantitative estimate of drug-likeness (QED) is 0.748. The van der Waals surface area contributed by atoms with Gasteiger partial charge in [0.25, 0.3) is 10.0 Å². The summed E-state index contributed by atoms with van der Waals surface area (Å²) in [5.74, 6) is 0.658. The molecule has 0 radical (unpaired) electrons. The van der Waals surface area contributed by atoms with Gasteiger partial charge in [-0.2, -0.15) is 13.4 Å². The van der Waals surface area contributed by atoms with E-state index in [1.165, 1.54) is 11.1 Å². The predicted molar refractivity (Wildman–Crippen MR) is 116 cm³/mol. The van der Waals surface area contributed by atoms with E-state index in [0.29, 0.717) is 19.1 Å². The minimum atomic E-state index is -4.21. The van der Waals surface area contributed by atoms with E-state index in [1.54, 1.807) is 23.6 Å². The first-order valence-electron chi connectivity index (χ1n) is 10.8. The van der Waals surface area contributed by atoms with Crippen LogP contribution < -0.4 is 19.7 Å². The Morgan fingerprint density at radius 3 is 2.42 bits per heavy atom. The van der Waals surface area contributed by atoms with E-state index >= 15 is 0 Å². The molecule has 0 atom stereocenters. The number of carbonyl (C=O) groups is 1. The van der Waals surface area contributed by atoms with E-state index in [4.69, 9.17) is 4.74 Å². The third kappa shape index (κ3) is 3.42. The molecule has 166 valence electrons. The van der Waals surface area contributed by atoms with Crippen LogP contribution in [0.1, 0.15) is 41.5 Å². The molecule has 0 fully saturated rings. The number of aromatic nitrogens is 2. The van der Waals surface area contributed by atoms with E-state index in [0.717, 1.165) is 61.8 Å². The van der Waals surface area contributed by atoms with Gasteiger partial charge in [-0.25, -0.2) is 9.52 Å². The summed E-state index contributed by atoms with van der Waals surface area (Å²) in [7, 11) is -0.630. The van der Waals surface area contributed by atoms with Crippen LogP contribution in [-0.2, 0) is 42.3 Å². The number of carbonyl (C=O) groups excluding carboxylic acids is 1. The molecule has 2 aliphatic carbocycles. The molecule has 0 unspecified atom stereocenters. The molecule has 1 aliphatic heterocycles. The first kappa shape index (κ1) is 20.2. The number of imidazole rings is 1. The summed E-state index contributed by atoms with van der Waals surface area (Å²) in [6, 6.07) is 1.50. The summed E-state index contributed by atoms with van der Waals surface area (Å²) in [6.07, 6.45) is 6.68. The van der Waals surface area contributed by atoms with Gasteiger partial charge in [0.05, 0.1) is 6.61 Å². The van der Waals surface area contributed by atoms with E-state index in [1.807, 2.05) is 0 Å². The second kappa shape index (κ2) is 7.44. The highest BCUT2D eigenvalue weighted by Gasteiger charge is 2.33. The number of fused-ring (bicyclic) bond motifs is 3. The fourth-order valence-electron chi connectivity index (χ4n) is 4.93. The molecule has 0 saturated heterocycles. The maximum atomic E-state index is 13.1. The molecular weight excluding hydrogens is 418 g/mol. The van der Waals surface area contributed by atoms with Crippen LogP contribution in [0.15, 0.2) is 11.1 Å². The van der Waals surface area contributed by atoms with Crippen molar-refractivity contribution < 1.29 is 17.9 Å². The molecule has 0 saturated carbocycles. The largest absolute Gasteiger partial charge is 0.477 e. The second-order valence-electron chi connectivity index (χ2n) is 8.56. The molecule has 9 nitrogen and oxygen atoms in total. The lowest BCUT2D eigenvalue weighted by Gasteiger charge is -2.20. The molecule has 31 heavy (non-hydrogen) atoms. The number of nitrogens with one attached hydrogen (secondary N) is 2. The Bertz CT molecular complexity index is 1140. The van der Waals surface area contributed by atoms with Crippen molar-refractivity contribution in [3.63, 3.8) is 0 Å². The van der Waals surface area contributed by atoms with Gasteiger partial charge in [0, 0.05) is 26.3 Å². The van der Waals surface area contributed by atoms with Crippen molar-refractivity contribution in [1.82, 2.24) is 14.3 Å². The van der Waals surface area contributed by atoms with Crippen LogP contribution in [-0.4, -0.2) is 44.7 Å². The predicted octanol–water partition coefficient (Wildman–Crippen LogP) is 2.22. The van der Waals surface area contributed by atoms with Crippen molar-refractivity contribution in [2.75, 3.05) is 30.9 Å². The molecule has 1 aromatic carbocycles. The first-order valence-corrected chi connectivity index (χ1v) is 12.2. The Kier molecular flexibility index (Phi) is 4.84. The molecule has 5 rings (SSSR count). The van der Waals surface area contributed by atoms with Gasteiger partial charge in [-0.05, 0) is 67.2 Å². The zero-order valence-corrected chi connectivity index (χ0v) is 18.6. The van der Waals surface area contributed by atoms with Crippen molar-refractivity contribution in [2.45, 2.75) is 56.5 Å². The van der Waals surface area contributed by atoms with Gasteiger partial charge in [0.15, 0.2) is 0 Å². The molecule has 2 aromatic rings. The van der Waals surface area contributed by atoms with Crippen molar-refractivity contribution in [3.8, 4) is 5.88 Å². The number of ether oxygens (including phenoxy) is 1. The smallest absolute Gasteiger partial charge is 0.333 e. The molecule has 2 amide bonds. The number of nitrogens with zero attached hydrogens (tertiary/aromatic N) is 3. The molecule has 2 N–H and O–H groups in total. The topological polar surface area (TPSA) is 106 Å². The summed E-state index contributed by atoms with van der Waals surface area (Å²) in [4.78, 5) is 18.8. The Hall–Kier alpha value is -2.75. The molecule has 1 aromatic heterocycles. The molecule has 10 heteroatoms. The number of amides is 2. The monoisotopic (exact) mass is 445 g/mol. The van der Waals surface area contributed by atoms with Crippen LogP contribution in [0.25, 0.3) is 0 Å². The zero-order chi connectivity index (χ0) is 21.8. The highest BCUT2D eigenvalue weighted by Crippen LogP contribution is 2.38. The lowest BCUT2D eigenvalue weighted by atomic mass is 9.99. The van der Waals surface area contributed by atoms with Crippen LogP contribution in [0.2, 0.25) is 0 Å². The molecule has 0 spiro atoms. The van der Waals surface area contributed by atoms with Gasteiger partial charge in [-0.15, -0.1) is 0 Å². The van der Waals surface area contributed by atoms with Crippen LogP contribution in [0, 0.1) is 0 Å². The number of urea groups is 1. The van der Waals surface area contributed by atoms with Crippen molar-refractivity contribution in [2.24, 2.45) is 0 Å². The minimum Gasteiger partial charge on any atom is -0.477 e. The van der Waals surface area contributed by atoms with Gasteiger partial charge < -0.3 is 15.0 Å². The Balaban J connectivity index is 1.44. The molecule has 0 bridgehead atoms. The maximum Gasteiger partial charge on any atom is 0.333 e. The fourth-order valence-corrected chi connectivity index (χ4v) is 5.92. The summed E-state index contributed by atoms with van der Waals surface area (Å²) >= 11 is 0. The van der Waals surface area contributed by atoms with E-state index in [2.05, 4.69) is 21.1 Å². The Morgan fingerprint density at radius 2 is 1.77 bits per heavy atom. The Labute approximate surface area is 181 Å². The molecular formula is C21H27N5O4S. The van der Waals surface area contributed by atoms with Gasteiger partial charge >= 0.3 is 6.03 Å². The third-order valence-corrected chi connectivity index (χ3v) is 7.46. The van der Waals surface area contributed by atoms with E-state index in [-0.39, 0.29) is 10.9 Å². The normalized spacial score (nSPS) is 16.8. The highest BCUT2D eigenvalue weighted by molar-refractivity contribution is 7.90. The first-order chi connectivity index (χ1) is 14.8. The summed E-state index contributed by atoms with van der Waals surface area (Å²) in [5, 5.41) is 2.61. The lowest BCUT2D eigenvalue weighted by molar-refractivity contribution is 0.234. The van der Waals surface area contributed by atoms with Gasteiger partial charge in [-0.3, -0.25) is 4.57 Å². The third-order valence-electron chi connectivity index (χ3n) is 6.23. The van der Waals surface area contributed by atoms with E-state index < -0.39 is 16.1 Å². The highest BCUT2D eigenvalue weighted by atomic mass is 32.2. The van der Waals surface area contributed by atoms with Gasteiger partial charge in [-0.1, -0.05) is 6.07 Å². The van der Waals surface area contributed by atoms with Crippen LogP contribution in [0.5, 0.6) is 5.88 Å². The summed E-state index contributed by atoms with van der Waals surface area (Å²) in [5.41, 5.74) is 5.63. The number of hydrogen-bond acceptors (Lipinski definition) is 6. The standard InChI is InChI=1S/C21H27N5O4S/c1-25(2)21-23-18(19-26(21)10-5-11-30-19)31(28,29)24-20(27)22-17-15-8-3-6-13(15)12-14-7-4-9-16(14)17/h12H,3-11H2,1-2H3,(H2,22,24,27). The number of anilines is 2. The summed E-state index contributed by atoms with van der Waals surface area (Å²) in [6.45, 7) is 1.02. The Morgan fingerprint density at radius 1 is 1.10 bits per heavy atom. The average Bonchev–Trinajstić information content (AvgIpc) is 3.45. The van der Waals surface area contributed by atoms with Crippen LogP contribution in [0.4, 0.5) is 16.4 Å². The van der Waals surface area contributed by atoms with Crippen LogP contribution in [0.3, 0.4) is 0 Å². The fraction of sp³-hybridized carbons (Fsp3) is 0.524. The van der Waals surface area contributed by atoms with Crippen molar-refractivity contribution in [3.05, 3.63) is 28.3 Å².